The summed E-state index contributed by atoms with van der Waals surface area (Å²) >= 11 is 0. The van der Waals surface area contributed by atoms with E-state index in [1.54, 1.807) is 30.1 Å². The summed E-state index contributed by atoms with van der Waals surface area (Å²) in [4.78, 5) is 27.3. The average molecular weight is 276 g/mol. The molecular formula is C15H20N2O3. The third kappa shape index (κ3) is 2.99. The van der Waals surface area contributed by atoms with Crippen molar-refractivity contribution in [2.24, 2.45) is 0 Å². The number of hydrogen-bond donors (Lipinski definition) is 1. The van der Waals surface area contributed by atoms with Gasteiger partial charge in [0.1, 0.15) is 0 Å². The fourth-order valence-electron chi connectivity index (χ4n) is 2.36. The lowest BCUT2D eigenvalue weighted by atomic mass is 10.1. The lowest BCUT2D eigenvalue weighted by molar-refractivity contribution is -0.116. The average Bonchev–Trinajstić information content (AvgIpc) is 2.46. The van der Waals surface area contributed by atoms with Gasteiger partial charge in [-0.05, 0) is 25.0 Å². The molecule has 0 radical (unpaired) electrons. The first-order chi connectivity index (χ1) is 9.50. The number of benzene rings is 1. The number of piperidine rings is 1. The van der Waals surface area contributed by atoms with Crippen LogP contribution in [0.25, 0.3) is 0 Å². The predicted octanol–water partition coefficient (Wildman–Crippen LogP) is 1.27. The number of nitrogens with zero attached hydrogens (tertiary/aromatic N) is 2. The van der Waals surface area contributed by atoms with E-state index < -0.39 is 0 Å². The standard InChI is InChI=1S/C15H20N2O3/c1-11(18)16(2)14-6-4-3-5-13(14)15(20)17-9-7-12(19)8-10-17/h3-6,12,19H,7-10H2,1-2H3. The van der Waals surface area contributed by atoms with Gasteiger partial charge in [0.05, 0.1) is 17.4 Å². The van der Waals surface area contributed by atoms with Crippen molar-refractivity contribution in [3.05, 3.63) is 29.8 Å². The molecule has 108 valence electrons. The van der Waals surface area contributed by atoms with Crippen LogP contribution in [0.5, 0.6) is 0 Å². The van der Waals surface area contributed by atoms with Crippen molar-refractivity contribution in [2.45, 2.75) is 25.9 Å². The molecule has 0 aliphatic carbocycles. The van der Waals surface area contributed by atoms with E-state index in [0.717, 1.165) is 0 Å². The fraction of sp³-hybridized carbons (Fsp3) is 0.467. The molecule has 1 aliphatic rings. The van der Waals surface area contributed by atoms with Crippen LogP contribution in [0.1, 0.15) is 30.1 Å². The quantitative estimate of drug-likeness (QED) is 0.884. The number of para-hydroxylation sites is 1. The van der Waals surface area contributed by atoms with Crippen LogP contribution in [0.15, 0.2) is 24.3 Å². The van der Waals surface area contributed by atoms with Crippen LogP contribution < -0.4 is 4.90 Å². The molecule has 1 aromatic rings. The van der Waals surface area contributed by atoms with Crippen LogP contribution in [-0.4, -0.2) is 48.1 Å². The second-order valence-corrected chi connectivity index (χ2v) is 5.12. The Balaban J connectivity index is 2.24. The molecule has 1 N–H and O–H groups in total. The maximum Gasteiger partial charge on any atom is 0.255 e. The van der Waals surface area contributed by atoms with Crippen LogP contribution in [0.4, 0.5) is 5.69 Å². The Kier molecular flexibility index (Phi) is 4.39. The molecule has 1 saturated heterocycles. The number of anilines is 1. The molecule has 0 spiro atoms. The molecule has 1 aromatic carbocycles. The first-order valence-electron chi connectivity index (χ1n) is 6.81. The summed E-state index contributed by atoms with van der Waals surface area (Å²) in [6.07, 6.45) is 0.904. The molecular weight excluding hydrogens is 256 g/mol. The van der Waals surface area contributed by atoms with Crippen LogP contribution in [0.2, 0.25) is 0 Å². The number of rotatable bonds is 2. The van der Waals surface area contributed by atoms with E-state index in [1.807, 2.05) is 6.07 Å². The molecule has 0 aromatic heterocycles. The Morgan fingerprint density at radius 2 is 1.85 bits per heavy atom. The minimum Gasteiger partial charge on any atom is -0.393 e. The Bertz CT molecular complexity index is 508. The van der Waals surface area contributed by atoms with Crippen molar-refractivity contribution in [1.29, 1.82) is 0 Å². The van der Waals surface area contributed by atoms with E-state index >= 15 is 0 Å². The first kappa shape index (κ1) is 14.5. The molecule has 5 nitrogen and oxygen atoms in total. The van der Waals surface area contributed by atoms with Crippen molar-refractivity contribution < 1.29 is 14.7 Å². The summed E-state index contributed by atoms with van der Waals surface area (Å²) in [5.74, 6) is -0.195. The third-order valence-electron chi connectivity index (χ3n) is 3.72. The third-order valence-corrected chi connectivity index (χ3v) is 3.72. The Morgan fingerprint density at radius 3 is 2.45 bits per heavy atom. The van der Waals surface area contributed by atoms with Gasteiger partial charge >= 0.3 is 0 Å². The molecule has 1 aliphatic heterocycles. The zero-order valence-electron chi connectivity index (χ0n) is 11.9. The summed E-state index contributed by atoms with van der Waals surface area (Å²) in [6, 6.07) is 7.12. The molecule has 2 rings (SSSR count). The van der Waals surface area contributed by atoms with Crippen LogP contribution in [-0.2, 0) is 4.79 Å². The fourth-order valence-corrected chi connectivity index (χ4v) is 2.36. The summed E-state index contributed by atoms with van der Waals surface area (Å²) in [5.41, 5.74) is 1.15. The minimum atomic E-state index is -0.311. The molecule has 1 heterocycles. The van der Waals surface area contributed by atoms with E-state index in [0.29, 0.717) is 37.2 Å². The number of aliphatic hydroxyl groups is 1. The maximum absolute atomic E-state index is 12.6. The van der Waals surface area contributed by atoms with Crippen LogP contribution in [0.3, 0.4) is 0 Å². The normalized spacial score (nSPS) is 16.1. The Labute approximate surface area is 118 Å². The number of hydrogen-bond acceptors (Lipinski definition) is 3. The molecule has 0 atom stereocenters. The number of amides is 2. The van der Waals surface area contributed by atoms with E-state index in [1.165, 1.54) is 11.8 Å². The van der Waals surface area contributed by atoms with Crippen molar-refractivity contribution >= 4 is 17.5 Å². The van der Waals surface area contributed by atoms with Gasteiger partial charge < -0.3 is 14.9 Å². The van der Waals surface area contributed by atoms with Crippen molar-refractivity contribution in [2.75, 3.05) is 25.0 Å². The van der Waals surface area contributed by atoms with Crippen molar-refractivity contribution in [1.82, 2.24) is 4.90 Å². The largest absolute Gasteiger partial charge is 0.393 e. The zero-order valence-corrected chi connectivity index (χ0v) is 11.9. The van der Waals surface area contributed by atoms with Crippen LogP contribution >= 0.6 is 0 Å². The highest BCUT2D eigenvalue weighted by atomic mass is 16.3. The molecule has 1 fully saturated rings. The molecule has 5 heteroatoms. The Hall–Kier alpha value is -1.88. The summed E-state index contributed by atoms with van der Waals surface area (Å²) < 4.78 is 0. The predicted molar refractivity (Wildman–Crippen MR) is 76.7 cm³/mol. The van der Waals surface area contributed by atoms with E-state index in [9.17, 15) is 14.7 Å². The smallest absolute Gasteiger partial charge is 0.255 e. The minimum absolute atomic E-state index is 0.0828. The first-order valence-corrected chi connectivity index (χ1v) is 6.81. The lowest BCUT2D eigenvalue weighted by Gasteiger charge is -2.30. The SMILES string of the molecule is CC(=O)N(C)c1ccccc1C(=O)N1CCC(O)CC1. The van der Waals surface area contributed by atoms with E-state index in [-0.39, 0.29) is 17.9 Å². The summed E-state index contributed by atoms with van der Waals surface area (Å²) in [5, 5.41) is 9.50. The van der Waals surface area contributed by atoms with Gasteiger partial charge in [0, 0.05) is 27.1 Å². The highest BCUT2D eigenvalue weighted by Gasteiger charge is 2.25. The number of carbonyl (C=O) groups is 2. The van der Waals surface area contributed by atoms with Gasteiger partial charge in [-0.25, -0.2) is 0 Å². The van der Waals surface area contributed by atoms with Gasteiger partial charge in [-0.1, -0.05) is 12.1 Å². The van der Waals surface area contributed by atoms with Crippen molar-refractivity contribution in [3.63, 3.8) is 0 Å². The van der Waals surface area contributed by atoms with Gasteiger partial charge in [-0.15, -0.1) is 0 Å². The number of likely N-dealkylation sites (tertiary alicyclic amines) is 1. The second-order valence-electron chi connectivity index (χ2n) is 5.12. The lowest BCUT2D eigenvalue weighted by Crippen LogP contribution is -2.40. The monoisotopic (exact) mass is 276 g/mol. The molecule has 0 unspecified atom stereocenters. The number of aliphatic hydroxyl groups excluding tert-OH is 1. The molecule has 0 saturated carbocycles. The van der Waals surface area contributed by atoms with Gasteiger partial charge in [-0.2, -0.15) is 0 Å². The van der Waals surface area contributed by atoms with E-state index in [4.69, 9.17) is 0 Å². The van der Waals surface area contributed by atoms with Crippen molar-refractivity contribution in [3.8, 4) is 0 Å². The van der Waals surface area contributed by atoms with Gasteiger partial charge in [-0.3, -0.25) is 9.59 Å². The van der Waals surface area contributed by atoms with Gasteiger partial charge in [0.2, 0.25) is 5.91 Å². The molecule has 20 heavy (non-hydrogen) atoms. The van der Waals surface area contributed by atoms with Gasteiger partial charge in [0.15, 0.2) is 0 Å². The zero-order chi connectivity index (χ0) is 14.7. The molecule has 0 bridgehead atoms. The van der Waals surface area contributed by atoms with E-state index in [2.05, 4.69) is 0 Å². The highest BCUT2D eigenvalue weighted by molar-refractivity contribution is 6.04. The summed E-state index contributed by atoms with van der Waals surface area (Å²) in [6.45, 7) is 2.58. The summed E-state index contributed by atoms with van der Waals surface area (Å²) in [7, 11) is 1.66. The Morgan fingerprint density at radius 1 is 1.25 bits per heavy atom. The van der Waals surface area contributed by atoms with Gasteiger partial charge in [0.25, 0.3) is 5.91 Å². The van der Waals surface area contributed by atoms with Crippen LogP contribution in [0, 0.1) is 0 Å². The highest BCUT2D eigenvalue weighted by Crippen LogP contribution is 2.22. The molecule has 2 amide bonds. The maximum atomic E-state index is 12.6. The topological polar surface area (TPSA) is 60.9 Å². The number of carbonyl (C=O) groups excluding carboxylic acids is 2. The second kappa shape index (κ2) is 6.05.